The Balaban J connectivity index is 1.69. The van der Waals surface area contributed by atoms with Gasteiger partial charge in [-0.25, -0.2) is 8.78 Å². The quantitative estimate of drug-likeness (QED) is 0.789. The summed E-state index contributed by atoms with van der Waals surface area (Å²) in [4.78, 5) is 14.1. The summed E-state index contributed by atoms with van der Waals surface area (Å²) >= 11 is 3.09. The van der Waals surface area contributed by atoms with Crippen LogP contribution in [0.25, 0.3) is 0 Å². The van der Waals surface area contributed by atoms with E-state index in [1.165, 1.54) is 12.1 Å². The highest BCUT2D eigenvalue weighted by atomic mass is 79.9. The Bertz CT molecular complexity index is 754. The van der Waals surface area contributed by atoms with E-state index in [1.54, 1.807) is 35.2 Å². The van der Waals surface area contributed by atoms with E-state index >= 15 is 0 Å². The zero-order chi connectivity index (χ0) is 17.1. The molecule has 1 amide bonds. The number of rotatable bonds is 3. The smallest absolute Gasteiger partial charge is 0.227 e. The molecule has 3 nitrogen and oxygen atoms in total. The average molecular weight is 396 g/mol. The minimum atomic E-state index is -0.481. The molecule has 6 heteroatoms. The van der Waals surface area contributed by atoms with Crippen LogP contribution in [-0.2, 0) is 16.0 Å². The first kappa shape index (κ1) is 17.0. The largest absolute Gasteiger partial charge is 0.370 e. The van der Waals surface area contributed by atoms with E-state index in [0.29, 0.717) is 35.3 Å². The maximum Gasteiger partial charge on any atom is 0.227 e. The Morgan fingerprint density at radius 3 is 2.75 bits per heavy atom. The first-order valence-electron chi connectivity index (χ1n) is 7.62. The SMILES string of the molecule is O=C(Cc1ccc(Br)c(F)c1)N1CCOC(c2ccccc2F)C1. The summed E-state index contributed by atoms with van der Waals surface area (Å²) in [7, 11) is 0. The van der Waals surface area contributed by atoms with Crippen molar-refractivity contribution < 1.29 is 18.3 Å². The highest BCUT2D eigenvalue weighted by Crippen LogP contribution is 2.25. The Kier molecular flexibility index (Phi) is 5.26. The van der Waals surface area contributed by atoms with Crippen molar-refractivity contribution in [1.29, 1.82) is 0 Å². The lowest BCUT2D eigenvalue weighted by atomic mass is 10.1. The number of carbonyl (C=O) groups excluding carboxylic acids is 1. The van der Waals surface area contributed by atoms with Crippen molar-refractivity contribution in [2.45, 2.75) is 12.5 Å². The second-order valence-electron chi connectivity index (χ2n) is 5.65. The Morgan fingerprint density at radius 2 is 2.00 bits per heavy atom. The zero-order valence-electron chi connectivity index (χ0n) is 12.8. The molecule has 1 aliphatic heterocycles. The van der Waals surface area contributed by atoms with Gasteiger partial charge in [0.05, 0.1) is 24.0 Å². The number of morpholine rings is 1. The summed E-state index contributed by atoms with van der Waals surface area (Å²) in [6.07, 6.45) is -0.376. The van der Waals surface area contributed by atoms with Gasteiger partial charge in [-0.1, -0.05) is 24.3 Å². The molecule has 3 rings (SSSR count). The first-order valence-corrected chi connectivity index (χ1v) is 8.41. The molecule has 2 aromatic carbocycles. The lowest BCUT2D eigenvalue weighted by Crippen LogP contribution is -2.43. The molecular formula is C18H16BrF2NO2. The molecule has 0 bridgehead atoms. The maximum atomic E-state index is 13.9. The Hall–Kier alpha value is -1.79. The first-order chi connectivity index (χ1) is 11.5. The zero-order valence-corrected chi connectivity index (χ0v) is 14.4. The molecule has 1 fully saturated rings. The molecule has 0 spiro atoms. The lowest BCUT2D eigenvalue weighted by molar-refractivity contribution is -0.138. The molecule has 24 heavy (non-hydrogen) atoms. The summed E-state index contributed by atoms with van der Waals surface area (Å²) in [6, 6.07) is 11.0. The molecular weight excluding hydrogens is 380 g/mol. The number of ether oxygens (including phenoxy) is 1. The molecule has 0 aliphatic carbocycles. The number of halogens is 3. The van der Waals surface area contributed by atoms with Gasteiger partial charge < -0.3 is 9.64 Å². The van der Waals surface area contributed by atoms with E-state index in [1.807, 2.05) is 0 Å². The van der Waals surface area contributed by atoms with Gasteiger partial charge in [0.2, 0.25) is 5.91 Å². The third-order valence-electron chi connectivity index (χ3n) is 4.01. The number of nitrogens with zero attached hydrogens (tertiary/aromatic N) is 1. The van der Waals surface area contributed by atoms with E-state index in [9.17, 15) is 13.6 Å². The highest BCUT2D eigenvalue weighted by molar-refractivity contribution is 9.10. The molecule has 126 valence electrons. The molecule has 0 N–H and O–H groups in total. The summed E-state index contributed by atoms with van der Waals surface area (Å²) in [5.41, 5.74) is 1.05. The second-order valence-corrected chi connectivity index (χ2v) is 6.50. The summed E-state index contributed by atoms with van der Waals surface area (Å²) in [6.45, 7) is 1.08. The fourth-order valence-electron chi connectivity index (χ4n) is 2.74. The third kappa shape index (κ3) is 3.82. The summed E-state index contributed by atoms with van der Waals surface area (Å²) in [5, 5.41) is 0. The Morgan fingerprint density at radius 1 is 1.21 bits per heavy atom. The van der Waals surface area contributed by atoms with Crippen LogP contribution in [0.15, 0.2) is 46.9 Å². The predicted octanol–water partition coefficient (Wildman–Crippen LogP) is 3.87. The fraction of sp³-hybridized carbons (Fsp3) is 0.278. The molecule has 0 saturated carbocycles. The van der Waals surface area contributed by atoms with Gasteiger partial charge in [0.25, 0.3) is 0 Å². The maximum absolute atomic E-state index is 13.9. The average Bonchev–Trinajstić information content (AvgIpc) is 2.59. The van der Waals surface area contributed by atoms with Gasteiger partial charge in [0.15, 0.2) is 0 Å². The molecule has 1 aliphatic rings. The van der Waals surface area contributed by atoms with E-state index in [0.717, 1.165) is 0 Å². The van der Waals surface area contributed by atoms with Gasteiger partial charge in [-0.15, -0.1) is 0 Å². The van der Waals surface area contributed by atoms with Gasteiger partial charge in [-0.3, -0.25) is 4.79 Å². The van der Waals surface area contributed by atoms with Crippen LogP contribution in [0.2, 0.25) is 0 Å². The van der Waals surface area contributed by atoms with Crippen molar-refractivity contribution in [3.63, 3.8) is 0 Å². The van der Waals surface area contributed by atoms with Crippen LogP contribution in [0.3, 0.4) is 0 Å². The number of hydrogen-bond donors (Lipinski definition) is 0. The minimum Gasteiger partial charge on any atom is -0.370 e. The van der Waals surface area contributed by atoms with Crippen molar-refractivity contribution in [2.24, 2.45) is 0 Å². The van der Waals surface area contributed by atoms with Gasteiger partial charge in [-0.05, 0) is 39.7 Å². The highest BCUT2D eigenvalue weighted by Gasteiger charge is 2.27. The van der Waals surface area contributed by atoms with Crippen LogP contribution >= 0.6 is 15.9 Å². The van der Waals surface area contributed by atoms with Crippen LogP contribution in [0.1, 0.15) is 17.2 Å². The van der Waals surface area contributed by atoms with Gasteiger partial charge in [0, 0.05) is 12.1 Å². The topological polar surface area (TPSA) is 29.5 Å². The molecule has 0 radical (unpaired) electrons. The van der Waals surface area contributed by atoms with Crippen LogP contribution in [0, 0.1) is 11.6 Å². The fourth-order valence-corrected chi connectivity index (χ4v) is 2.98. The minimum absolute atomic E-state index is 0.105. The number of amides is 1. The summed E-state index contributed by atoms with van der Waals surface area (Å²) in [5.74, 6) is -0.861. The molecule has 1 atom stereocenters. The van der Waals surface area contributed by atoms with Crippen molar-refractivity contribution in [1.82, 2.24) is 4.90 Å². The van der Waals surface area contributed by atoms with Crippen molar-refractivity contribution in [2.75, 3.05) is 19.7 Å². The number of hydrogen-bond acceptors (Lipinski definition) is 2. The Labute approximate surface area is 147 Å². The van der Waals surface area contributed by atoms with Crippen molar-refractivity contribution in [3.05, 3.63) is 69.7 Å². The van der Waals surface area contributed by atoms with Gasteiger partial charge >= 0.3 is 0 Å². The molecule has 2 aromatic rings. The molecule has 1 unspecified atom stereocenters. The molecule has 0 aromatic heterocycles. The standard InChI is InChI=1S/C18H16BrF2NO2/c19-14-6-5-12(9-16(14)21)10-18(23)22-7-8-24-17(11-22)13-3-1-2-4-15(13)20/h1-6,9,17H,7-8,10-11H2. The van der Waals surface area contributed by atoms with Crippen molar-refractivity contribution >= 4 is 21.8 Å². The lowest BCUT2D eigenvalue weighted by Gasteiger charge is -2.33. The van der Waals surface area contributed by atoms with Crippen LogP contribution in [0.4, 0.5) is 8.78 Å². The van der Waals surface area contributed by atoms with Gasteiger partial charge in [0.1, 0.15) is 17.7 Å². The third-order valence-corrected chi connectivity index (χ3v) is 4.65. The second kappa shape index (κ2) is 7.40. The normalized spacial score (nSPS) is 17.8. The number of carbonyl (C=O) groups is 1. The predicted molar refractivity (Wildman–Crippen MR) is 89.5 cm³/mol. The van der Waals surface area contributed by atoms with Crippen LogP contribution < -0.4 is 0 Å². The monoisotopic (exact) mass is 395 g/mol. The van der Waals surface area contributed by atoms with Crippen molar-refractivity contribution in [3.8, 4) is 0 Å². The summed E-state index contributed by atoms with van der Waals surface area (Å²) < 4.78 is 33.4. The molecule has 1 saturated heterocycles. The number of benzene rings is 2. The van der Waals surface area contributed by atoms with E-state index < -0.39 is 11.9 Å². The molecule has 1 heterocycles. The van der Waals surface area contributed by atoms with Gasteiger partial charge in [-0.2, -0.15) is 0 Å². The van der Waals surface area contributed by atoms with Crippen LogP contribution in [0.5, 0.6) is 0 Å². The van der Waals surface area contributed by atoms with E-state index in [2.05, 4.69) is 15.9 Å². The van der Waals surface area contributed by atoms with E-state index in [-0.39, 0.29) is 18.1 Å². The van der Waals surface area contributed by atoms with E-state index in [4.69, 9.17) is 4.74 Å². The van der Waals surface area contributed by atoms with Crippen LogP contribution in [-0.4, -0.2) is 30.5 Å².